The Kier molecular flexibility index (Phi) is 2.73. The second-order valence-corrected chi connectivity index (χ2v) is 4.63. The molecule has 18 heavy (non-hydrogen) atoms. The Hall–Kier alpha value is -2.10. The fourth-order valence-electron chi connectivity index (χ4n) is 2.20. The molecule has 0 radical (unpaired) electrons. The molecule has 0 spiro atoms. The van der Waals surface area contributed by atoms with Crippen LogP contribution in [0.4, 0.5) is 0 Å². The minimum Gasteiger partial charge on any atom is -0.475 e. The largest absolute Gasteiger partial charge is 0.475 e. The summed E-state index contributed by atoms with van der Waals surface area (Å²) in [5.74, 6) is -1.87. The lowest BCUT2D eigenvalue weighted by Crippen LogP contribution is -2.31. The Morgan fingerprint density at radius 1 is 1.33 bits per heavy atom. The Balaban J connectivity index is 2.46. The van der Waals surface area contributed by atoms with Gasteiger partial charge in [0, 0.05) is 11.6 Å². The number of aliphatic carboxylic acids is 1. The molecule has 1 aromatic carbocycles. The van der Waals surface area contributed by atoms with Gasteiger partial charge in [0.15, 0.2) is 5.60 Å². The molecule has 0 bridgehead atoms. The van der Waals surface area contributed by atoms with Crippen LogP contribution in [0.15, 0.2) is 30.0 Å². The highest BCUT2D eigenvalue weighted by molar-refractivity contribution is 6.05. The smallest absolute Gasteiger partial charge is 0.371 e. The first-order valence-electron chi connectivity index (χ1n) is 5.61. The zero-order valence-corrected chi connectivity index (χ0v) is 10.5. The molecule has 1 aromatic rings. The number of carbonyl (C=O) groups excluding carboxylic acids is 1. The fourth-order valence-corrected chi connectivity index (χ4v) is 2.20. The number of rotatable bonds is 2. The third kappa shape index (κ3) is 1.79. The highest BCUT2D eigenvalue weighted by atomic mass is 16.5. The number of hydrogen-bond acceptors (Lipinski definition) is 3. The number of carbonyl (C=O) groups is 2. The molecule has 1 aliphatic rings. The SMILES string of the molecule is Cc1ccc(C2(C)OC(C(=O)O)=CC2=O)c(C)c1. The van der Waals surface area contributed by atoms with Crippen LogP contribution in [0.2, 0.25) is 0 Å². The highest BCUT2D eigenvalue weighted by Gasteiger charge is 2.44. The summed E-state index contributed by atoms with van der Waals surface area (Å²) in [6.07, 6.45) is 1.04. The standard InChI is InChI=1S/C14H14O4/c1-8-4-5-10(9(2)6-8)14(3)12(15)7-11(18-14)13(16)17/h4-7H,1-3H3,(H,16,17). The van der Waals surface area contributed by atoms with Crippen LogP contribution in [0.5, 0.6) is 0 Å². The molecule has 2 rings (SSSR count). The predicted molar refractivity (Wildman–Crippen MR) is 65.1 cm³/mol. The zero-order valence-electron chi connectivity index (χ0n) is 10.5. The number of ether oxygens (including phenoxy) is 1. The normalized spacial score (nSPS) is 22.6. The summed E-state index contributed by atoms with van der Waals surface area (Å²) in [6.45, 7) is 5.43. The first-order chi connectivity index (χ1) is 8.34. The molecule has 1 unspecified atom stereocenters. The van der Waals surface area contributed by atoms with Gasteiger partial charge in [0.1, 0.15) is 0 Å². The molecule has 1 aliphatic heterocycles. The van der Waals surface area contributed by atoms with E-state index in [1.165, 1.54) is 0 Å². The minimum atomic E-state index is -1.23. The summed E-state index contributed by atoms with van der Waals surface area (Å²) < 4.78 is 5.34. The van der Waals surface area contributed by atoms with Gasteiger partial charge in [-0.1, -0.05) is 23.8 Å². The van der Waals surface area contributed by atoms with Crippen LogP contribution in [0, 0.1) is 13.8 Å². The van der Waals surface area contributed by atoms with E-state index in [-0.39, 0.29) is 11.5 Å². The topological polar surface area (TPSA) is 63.6 Å². The van der Waals surface area contributed by atoms with Crippen LogP contribution in [0.25, 0.3) is 0 Å². The van der Waals surface area contributed by atoms with E-state index in [0.29, 0.717) is 5.56 Å². The van der Waals surface area contributed by atoms with Gasteiger partial charge in [0.25, 0.3) is 0 Å². The van der Waals surface area contributed by atoms with Crippen molar-refractivity contribution < 1.29 is 19.4 Å². The maximum Gasteiger partial charge on any atom is 0.371 e. The van der Waals surface area contributed by atoms with Gasteiger partial charge < -0.3 is 9.84 Å². The van der Waals surface area contributed by atoms with Crippen LogP contribution in [0.3, 0.4) is 0 Å². The summed E-state index contributed by atoms with van der Waals surface area (Å²) >= 11 is 0. The van der Waals surface area contributed by atoms with Gasteiger partial charge in [-0.05, 0) is 26.3 Å². The summed E-state index contributed by atoms with van der Waals surface area (Å²) in [7, 11) is 0. The number of carboxylic acid groups (broad SMARTS) is 1. The number of hydrogen-bond donors (Lipinski definition) is 1. The monoisotopic (exact) mass is 246 g/mol. The predicted octanol–water partition coefficient (Wildman–Crippen LogP) is 2.09. The molecule has 0 saturated carbocycles. The third-order valence-electron chi connectivity index (χ3n) is 3.15. The van der Waals surface area contributed by atoms with Crippen molar-refractivity contribution in [1.29, 1.82) is 0 Å². The van der Waals surface area contributed by atoms with Crippen molar-refractivity contribution in [2.24, 2.45) is 0 Å². The summed E-state index contributed by atoms with van der Waals surface area (Å²) in [4.78, 5) is 22.8. The van der Waals surface area contributed by atoms with Crippen molar-refractivity contribution in [3.63, 3.8) is 0 Å². The lowest BCUT2D eigenvalue weighted by Gasteiger charge is -2.25. The quantitative estimate of drug-likeness (QED) is 0.867. The zero-order chi connectivity index (χ0) is 13.5. The Labute approximate surface area is 105 Å². The lowest BCUT2D eigenvalue weighted by atomic mass is 9.88. The van der Waals surface area contributed by atoms with Crippen molar-refractivity contribution in [2.75, 3.05) is 0 Å². The van der Waals surface area contributed by atoms with E-state index < -0.39 is 11.6 Å². The van der Waals surface area contributed by atoms with Crippen molar-refractivity contribution in [3.05, 3.63) is 46.7 Å². The van der Waals surface area contributed by atoms with Crippen molar-refractivity contribution >= 4 is 11.8 Å². The first kappa shape index (κ1) is 12.4. The summed E-state index contributed by atoms with van der Waals surface area (Å²) in [6, 6.07) is 5.63. The van der Waals surface area contributed by atoms with E-state index >= 15 is 0 Å². The van der Waals surface area contributed by atoms with Gasteiger partial charge in [-0.2, -0.15) is 0 Å². The van der Waals surface area contributed by atoms with E-state index in [0.717, 1.165) is 17.2 Å². The number of benzene rings is 1. The molecule has 0 fully saturated rings. The first-order valence-corrected chi connectivity index (χ1v) is 5.61. The molecule has 4 nitrogen and oxygen atoms in total. The Morgan fingerprint density at radius 3 is 2.50 bits per heavy atom. The van der Waals surface area contributed by atoms with Crippen LogP contribution in [-0.4, -0.2) is 16.9 Å². The second kappa shape index (κ2) is 3.98. The Morgan fingerprint density at radius 2 is 2.00 bits per heavy atom. The maximum absolute atomic E-state index is 12.0. The molecule has 1 atom stereocenters. The van der Waals surface area contributed by atoms with Crippen molar-refractivity contribution in [1.82, 2.24) is 0 Å². The van der Waals surface area contributed by atoms with Crippen molar-refractivity contribution in [2.45, 2.75) is 26.4 Å². The summed E-state index contributed by atoms with van der Waals surface area (Å²) in [5.41, 5.74) is 1.46. The fraction of sp³-hybridized carbons (Fsp3) is 0.286. The van der Waals surface area contributed by atoms with E-state index in [4.69, 9.17) is 9.84 Å². The molecule has 0 amide bonds. The van der Waals surface area contributed by atoms with Gasteiger partial charge in [0.2, 0.25) is 11.5 Å². The average Bonchev–Trinajstić information content (AvgIpc) is 2.56. The van der Waals surface area contributed by atoms with Gasteiger partial charge in [-0.3, -0.25) is 4.79 Å². The van der Waals surface area contributed by atoms with Crippen LogP contribution < -0.4 is 0 Å². The van der Waals surface area contributed by atoms with Gasteiger partial charge in [-0.15, -0.1) is 0 Å². The van der Waals surface area contributed by atoms with Gasteiger partial charge in [-0.25, -0.2) is 4.79 Å². The molecule has 0 aliphatic carbocycles. The molecule has 0 saturated heterocycles. The molecule has 1 heterocycles. The molecule has 4 heteroatoms. The minimum absolute atomic E-state index is 0.303. The average molecular weight is 246 g/mol. The lowest BCUT2D eigenvalue weighted by molar-refractivity contribution is -0.141. The van der Waals surface area contributed by atoms with E-state index in [1.807, 2.05) is 26.0 Å². The second-order valence-electron chi connectivity index (χ2n) is 4.63. The number of carboxylic acids is 1. The number of aryl methyl sites for hydroxylation is 2. The van der Waals surface area contributed by atoms with Gasteiger partial charge in [0.05, 0.1) is 0 Å². The third-order valence-corrected chi connectivity index (χ3v) is 3.15. The van der Waals surface area contributed by atoms with Gasteiger partial charge >= 0.3 is 5.97 Å². The maximum atomic E-state index is 12.0. The molecule has 94 valence electrons. The van der Waals surface area contributed by atoms with Crippen LogP contribution in [-0.2, 0) is 19.9 Å². The molecular weight excluding hydrogens is 232 g/mol. The summed E-state index contributed by atoms with van der Waals surface area (Å²) in [5, 5.41) is 8.88. The van der Waals surface area contributed by atoms with Crippen LogP contribution >= 0.6 is 0 Å². The molecule has 0 aromatic heterocycles. The Bertz CT molecular complexity index is 571. The van der Waals surface area contributed by atoms with E-state index in [2.05, 4.69) is 0 Å². The van der Waals surface area contributed by atoms with Crippen molar-refractivity contribution in [3.8, 4) is 0 Å². The molecule has 1 N–H and O–H groups in total. The highest BCUT2D eigenvalue weighted by Crippen LogP contribution is 2.36. The van der Waals surface area contributed by atoms with E-state index in [9.17, 15) is 9.59 Å². The number of ketones is 1. The van der Waals surface area contributed by atoms with Crippen LogP contribution in [0.1, 0.15) is 23.6 Å². The molecular formula is C14H14O4. The van der Waals surface area contributed by atoms with E-state index in [1.54, 1.807) is 13.0 Å².